The highest BCUT2D eigenvalue weighted by Gasteiger charge is 2.50. The molecule has 0 bridgehead atoms. The van der Waals surface area contributed by atoms with Crippen molar-refractivity contribution in [2.24, 2.45) is 0 Å². The molecule has 1 unspecified atom stereocenters. The summed E-state index contributed by atoms with van der Waals surface area (Å²) in [7, 11) is -4.05. The molecular formula is C17H23F3N2O4S. The van der Waals surface area contributed by atoms with Crippen LogP contribution in [0.4, 0.5) is 18.0 Å². The van der Waals surface area contributed by atoms with Gasteiger partial charge >= 0.3 is 6.18 Å². The summed E-state index contributed by atoms with van der Waals surface area (Å²) in [5, 5.41) is 11.8. The third kappa shape index (κ3) is 3.83. The van der Waals surface area contributed by atoms with Crippen LogP contribution in [0.3, 0.4) is 0 Å². The van der Waals surface area contributed by atoms with Crippen LogP contribution in [0.25, 0.3) is 0 Å². The molecule has 1 aliphatic rings. The maximum Gasteiger partial charge on any atom is 0.416 e. The SMILES string of the molecule is C[C@@H]1C[N+](C(=O)[O-])(C(C)(C)C)CCN1S(=O)(=O)c1ccc(C(F)(F)F)cc1. The van der Waals surface area contributed by atoms with E-state index in [1.54, 1.807) is 27.7 Å². The van der Waals surface area contributed by atoms with Gasteiger partial charge in [-0.3, -0.25) is 4.48 Å². The summed E-state index contributed by atoms with van der Waals surface area (Å²) in [6.07, 6.45) is -5.83. The molecule has 1 fully saturated rings. The zero-order valence-corrected chi connectivity index (χ0v) is 16.4. The third-order valence-electron chi connectivity index (χ3n) is 5.19. The Hall–Kier alpha value is -1.65. The molecule has 0 spiro atoms. The molecule has 1 saturated heterocycles. The minimum absolute atomic E-state index is 0.00565. The summed E-state index contributed by atoms with van der Waals surface area (Å²) in [5.74, 6) is 0. The van der Waals surface area contributed by atoms with Crippen LogP contribution in [0.1, 0.15) is 33.3 Å². The van der Waals surface area contributed by atoms with E-state index >= 15 is 0 Å². The summed E-state index contributed by atoms with van der Waals surface area (Å²) >= 11 is 0. The molecule has 2 rings (SSSR count). The fourth-order valence-electron chi connectivity index (χ4n) is 3.48. The lowest BCUT2D eigenvalue weighted by molar-refractivity contribution is -0.925. The van der Waals surface area contributed by atoms with E-state index in [0.29, 0.717) is 0 Å². The average Bonchev–Trinajstić information content (AvgIpc) is 2.52. The maximum absolute atomic E-state index is 12.9. The summed E-state index contributed by atoms with van der Waals surface area (Å²) in [6, 6.07) is 2.62. The fourth-order valence-corrected chi connectivity index (χ4v) is 5.09. The third-order valence-corrected chi connectivity index (χ3v) is 7.22. The van der Waals surface area contributed by atoms with Crippen LogP contribution in [0.15, 0.2) is 29.2 Å². The molecule has 2 atom stereocenters. The van der Waals surface area contributed by atoms with Crippen molar-refractivity contribution in [3.05, 3.63) is 29.8 Å². The maximum atomic E-state index is 12.9. The minimum Gasteiger partial charge on any atom is -0.498 e. The number of carboxylic acid groups (broad SMARTS) is 1. The van der Waals surface area contributed by atoms with Gasteiger partial charge in [-0.15, -0.1) is 0 Å². The van der Waals surface area contributed by atoms with E-state index in [1.807, 2.05) is 0 Å². The predicted octanol–water partition coefficient (Wildman–Crippen LogP) is 2.06. The number of hydrogen-bond acceptors (Lipinski definition) is 4. The second-order valence-corrected chi connectivity index (χ2v) is 9.69. The van der Waals surface area contributed by atoms with Gasteiger partial charge < -0.3 is 9.90 Å². The Morgan fingerprint density at radius 1 is 1.19 bits per heavy atom. The van der Waals surface area contributed by atoms with Gasteiger partial charge in [0, 0.05) is 0 Å². The smallest absolute Gasteiger partial charge is 0.416 e. The number of carbonyl (C=O) groups is 1. The fraction of sp³-hybridized carbons (Fsp3) is 0.588. The van der Waals surface area contributed by atoms with Crippen molar-refractivity contribution in [2.75, 3.05) is 19.6 Å². The Labute approximate surface area is 156 Å². The second kappa shape index (κ2) is 6.75. The topological polar surface area (TPSA) is 77.5 Å². The number of sulfonamides is 1. The van der Waals surface area contributed by atoms with Gasteiger partial charge in [0.1, 0.15) is 6.54 Å². The molecule has 0 radical (unpaired) electrons. The van der Waals surface area contributed by atoms with Crippen LogP contribution in [0.2, 0.25) is 0 Å². The zero-order valence-electron chi connectivity index (χ0n) is 15.6. The molecule has 1 aliphatic heterocycles. The van der Waals surface area contributed by atoms with Crippen LogP contribution in [-0.4, -0.2) is 54.5 Å². The van der Waals surface area contributed by atoms with Gasteiger partial charge in [-0.1, -0.05) is 0 Å². The van der Waals surface area contributed by atoms with E-state index in [4.69, 9.17) is 0 Å². The van der Waals surface area contributed by atoms with Crippen molar-refractivity contribution in [2.45, 2.75) is 50.3 Å². The first-order valence-corrected chi connectivity index (χ1v) is 9.85. The van der Waals surface area contributed by atoms with Crippen molar-refractivity contribution < 1.29 is 36.0 Å². The summed E-state index contributed by atoms with van der Waals surface area (Å²) < 4.78 is 64.5. The van der Waals surface area contributed by atoms with Crippen LogP contribution in [0.5, 0.6) is 0 Å². The van der Waals surface area contributed by atoms with Gasteiger partial charge in [0.25, 0.3) is 6.09 Å². The van der Waals surface area contributed by atoms with Crippen molar-refractivity contribution in [3.63, 3.8) is 0 Å². The Morgan fingerprint density at radius 3 is 2.07 bits per heavy atom. The van der Waals surface area contributed by atoms with E-state index in [0.717, 1.165) is 28.6 Å². The number of quaternary nitrogens is 1. The van der Waals surface area contributed by atoms with Gasteiger partial charge in [-0.05, 0) is 52.0 Å². The number of nitrogens with zero attached hydrogens (tertiary/aromatic N) is 2. The zero-order chi connectivity index (χ0) is 20.8. The highest BCUT2D eigenvalue weighted by molar-refractivity contribution is 7.89. The molecule has 0 N–H and O–H groups in total. The molecule has 1 heterocycles. The molecule has 152 valence electrons. The molecule has 0 aromatic heterocycles. The van der Waals surface area contributed by atoms with E-state index in [1.165, 1.54) is 0 Å². The van der Waals surface area contributed by atoms with Gasteiger partial charge in [0.15, 0.2) is 0 Å². The molecule has 1 aromatic rings. The van der Waals surface area contributed by atoms with Crippen LogP contribution < -0.4 is 5.11 Å². The second-order valence-electron chi connectivity index (χ2n) is 7.80. The molecule has 6 nitrogen and oxygen atoms in total. The Kier molecular flexibility index (Phi) is 5.41. The number of carbonyl (C=O) groups excluding carboxylic acids is 1. The lowest BCUT2D eigenvalue weighted by Crippen LogP contribution is -2.75. The first-order chi connectivity index (χ1) is 12.1. The predicted molar refractivity (Wildman–Crippen MR) is 89.9 cm³/mol. The first-order valence-electron chi connectivity index (χ1n) is 8.41. The molecule has 1 amide bonds. The quantitative estimate of drug-likeness (QED) is 0.702. The van der Waals surface area contributed by atoms with Gasteiger partial charge in [-0.2, -0.15) is 17.5 Å². The number of piperazine rings is 1. The molecule has 27 heavy (non-hydrogen) atoms. The summed E-state index contributed by atoms with van der Waals surface area (Å²) in [6.45, 7) is 6.76. The van der Waals surface area contributed by atoms with Crippen molar-refractivity contribution in [1.29, 1.82) is 0 Å². The van der Waals surface area contributed by atoms with Crippen LogP contribution >= 0.6 is 0 Å². The van der Waals surface area contributed by atoms with E-state index in [9.17, 15) is 31.5 Å². The van der Waals surface area contributed by atoms with E-state index in [-0.39, 0.29) is 24.5 Å². The van der Waals surface area contributed by atoms with Crippen molar-refractivity contribution >= 4 is 16.1 Å². The lowest BCUT2D eigenvalue weighted by atomic mass is 9.98. The van der Waals surface area contributed by atoms with Gasteiger partial charge in [-0.25, -0.2) is 8.42 Å². The summed E-state index contributed by atoms with van der Waals surface area (Å²) in [4.78, 5) is 11.6. The Bertz CT molecular complexity index is 816. The molecular weight excluding hydrogens is 385 g/mol. The summed E-state index contributed by atoms with van der Waals surface area (Å²) in [5.41, 5.74) is -1.63. The lowest BCUT2D eigenvalue weighted by Gasteiger charge is -2.53. The molecule has 10 heteroatoms. The monoisotopic (exact) mass is 408 g/mol. The molecule has 0 saturated carbocycles. The standard InChI is InChI=1S/C17H23F3N2O4S/c1-12-11-22(15(23)24,16(2,3)4)10-9-21(12)27(25,26)14-7-5-13(6-8-14)17(18,19)20/h5-8,12H,9-11H2,1-4H3/t12-,22?/m1/s1. The highest BCUT2D eigenvalue weighted by atomic mass is 32.2. The first kappa shape index (κ1) is 21.6. The van der Waals surface area contributed by atoms with Crippen molar-refractivity contribution in [1.82, 2.24) is 4.31 Å². The van der Waals surface area contributed by atoms with Gasteiger partial charge in [0.2, 0.25) is 10.0 Å². The van der Waals surface area contributed by atoms with E-state index < -0.39 is 43.9 Å². The average molecular weight is 408 g/mol. The number of hydrogen-bond donors (Lipinski definition) is 0. The minimum atomic E-state index is -4.56. The number of benzene rings is 1. The number of amides is 1. The number of rotatable bonds is 2. The Morgan fingerprint density at radius 2 is 1.70 bits per heavy atom. The highest BCUT2D eigenvalue weighted by Crippen LogP contribution is 2.33. The van der Waals surface area contributed by atoms with Crippen LogP contribution in [-0.2, 0) is 16.2 Å². The number of halogens is 3. The van der Waals surface area contributed by atoms with Crippen molar-refractivity contribution in [3.8, 4) is 0 Å². The molecule has 0 aliphatic carbocycles. The van der Waals surface area contributed by atoms with Crippen LogP contribution in [0, 0.1) is 0 Å². The largest absolute Gasteiger partial charge is 0.498 e. The number of alkyl halides is 3. The molecule has 1 aromatic carbocycles. The normalized spacial score (nSPS) is 25.4. The van der Waals surface area contributed by atoms with E-state index in [2.05, 4.69) is 0 Å². The van der Waals surface area contributed by atoms with Gasteiger partial charge in [0.05, 0.1) is 35.1 Å². The Balaban J connectivity index is 2.33.